The Balaban J connectivity index is 1.91. The summed E-state index contributed by atoms with van der Waals surface area (Å²) in [6, 6.07) is 4.48. The average molecular weight is 360 g/mol. The third-order valence-electron chi connectivity index (χ3n) is 4.40. The van der Waals surface area contributed by atoms with E-state index in [4.69, 9.17) is 0 Å². The summed E-state index contributed by atoms with van der Waals surface area (Å²) in [6.45, 7) is 5.80. The number of aryl methyl sites for hydroxylation is 1. The second kappa shape index (κ2) is 7.18. The molecule has 1 aromatic heterocycles. The van der Waals surface area contributed by atoms with E-state index in [0.29, 0.717) is 16.6 Å². The molecule has 1 saturated heterocycles. The standard InChI is InChI=1S/C17H20N4O3S/c1-11-5-7-20(8-6-11)15-4-3-13(21(23)24)9-14(15)16(22)19-17-18-10-12(2)25-17/h3-4,9-11H,5-8H2,1-2H3,(H,18,19,22). The number of nitrogens with one attached hydrogen (secondary N) is 1. The first-order valence-corrected chi connectivity index (χ1v) is 9.03. The van der Waals surface area contributed by atoms with Crippen molar-refractivity contribution in [1.29, 1.82) is 0 Å². The minimum atomic E-state index is -0.480. The van der Waals surface area contributed by atoms with Crippen LogP contribution in [0.4, 0.5) is 16.5 Å². The van der Waals surface area contributed by atoms with Gasteiger partial charge < -0.3 is 4.90 Å². The Labute approximate surface area is 149 Å². The van der Waals surface area contributed by atoms with Crippen LogP contribution in [-0.2, 0) is 0 Å². The maximum Gasteiger partial charge on any atom is 0.270 e. The van der Waals surface area contributed by atoms with Crippen LogP contribution in [0.3, 0.4) is 0 Å². The number of carbonyl (C=O) groups is 1. The Morgan fingerprint density at radius 2 is 2.12 bits per heavy atom. The molecule has 1 fully saturated rings. The van der Waals surface area contributed by atoms with Gasteiger partial charge in [-0.05, 0) is 31.7 Å². The zero-order chi connectivity index (χ0) is 18.0. The molecule has 1 aliphatic rings. The molecule has 132 valence electrons. The molecule has 2 heterocycles. The van der Waals surface area contributed by atoms with Gasteiger partial charge in [0, 0.05) is 36.3 Å². The maximum atomic E-state index is 12.7. The van der Waals surface area contributed by atoms with Gasteiger partial charge >= 0.3 is 0 Å². The van der Waals surface area contributed by atoms with Gasteiger partial charge in [0.05, 0.1) is 16.2 Å². The topological polar surface area (TPSA) is 88.4 Å². The number of nitro groups is 1. The van der Waals surface area contributed by atoms with Crippen molar-refractivity contribution in [2.24, 2.45) is 5.92 Å². The number of hydrogen-bond acceptors (Lipinski definition) is 6. The lowest BCUT2D eigenvalue weighted by Crippen LogP contribution is -2.34. The summed E-state index contributed by atoms with van der Waals surface area (Å²) < 4.78 is 0. The number of amides is 1. The zero-order valence-corrected chi connectivity index (χ0v) is 15.0. The fourth-order valence-corrected chi connectivity index (χ4v) is 3.58. The number of aromatic nitrogens is 1. The van der Waals surface area contributed by atoms with Crippen LogP contribution in [0, 0.1) is 23.0 Å². The summed E-state index contributed by atoms with van der Waals surface area (Å²) in [5.41, 5.74) is 0.967. The predicted molar refractivity (Wildman–Crippen MR) is 98.5 cm³/mol. The van der Waals surface area contributed by atoms with E-state index < -0.39 is 4.92 Å². The number of anilines is 2. The van der Waals surface area contributed by atoms with Crippen molar-refractivity contribution in [1.82, 2.24) is 4.98 Å². The van der Waals surface area contributed by atoms with Crippen molar-refractivity contribution in [2.75, 3.05) is 23.3 Å². The number of nitro benzene ring substituents is 1. The molecule has 1 amide bonds. The van der Waals surface area contributed by atoms with Crippen molar-refractivity contribution in [3.05, 3.63) is 45.0 Å². The largest absolute Gasteiger partial charge is 0.371 e. The lowest BCUT2D eigenvalue weighted by Gasteiger charge is -2.33. The molecule has 1 aromatic carbocycles. The van der Waals surface area contributed by atoms with E-state index in [9.17, 15) is 14.9 Å². The molecule has 7 nitrogen and oxygen atoms in total. The molecule has 0 saturated carbocycles. The molecule has 25 heavy (non-hydrogen) atoms. The summed E-state index contributed by atoms with van der Waals surface area (Å²) in [5.74, 6) is 0.288. The second-order valence-corrected chi connectivity index (χ2v) is 7.59. The Morgan fingerprint density at radius 3 is 2.72 bits per heavy atom. The molecule has 1 N–H and O–H groups in total. The van der Waals surface area contributed by atoms with E-state index >= 15 is 0 Å². The Hall–Kier alpha value is -2.48. The van der Waals surface area contributed by atoms with Crippen LogP contribution in [0.1, 0.15) is 35.0 Å². The van der Waals surface area contributed by atoms with E-state index in [-0.39, 0.29) is 11.6 Å². The molecule has 0 bridgehead atoms. The van der Waals surface area contributed by atoms with Crippen molar-refractivity contribution >= 4 is 33.8 Å². The molecule has 1 aliphatic heterocycles. The van der Waals surface area contributed by atoms with Gasteiger partial charge in [-0.25, -0.2) is 4.98 Å². The second-order valence-electron chi connectivity index (χ2n) is 6.36. The van der Waals surface area contributed by atoms with E-state index in [0.717, 1.165) is 36.5 Å². The average Bonchev–Trinajstić information content (AvgIpc) is 3.00. The maximum absolute atomic E-state index is 12.7. The number of hydrogen-bond donors (Lipinski definition) is 1. The molecule has 0 unspecified atom stereocenters. The minimum Gasteiger partial charge on any atom is -0.371 e. The molecular weight excluding hydrogens is 340 g/mol. The summed E-state index contributed by atoms with van der Waals surface area (Å²) in [5, 5.41) is 14.4. The van der Waals surface area contributed by atoms with Crippen molar-refractivity contribution in [3.63, 3.8) is 0 Å². The Bertz CT molecular complexity index is 797. The number of rotatable bonds is 4. The van der Waals surface area contributed by atoms with E-state index in [1.807, 2.05) is 6.92 Å². The SMILES string of the molecule is Cc1cnc(NC(=O)c2cc([N+](=O)[O-])ccc2N2CCC(C)CC2)s1. The minimum absolute atomic E-state index is 0.0883. The van der Waals surface area contributed by atoms with Crippen LogP contribution in [0.15, 0.2) is 24.4 Å². The highest BCUT2D eigenvalue weighted by molar-refractivity contribution is 7.15. The number of non-ortho nitro benzene ring substituents is 1. The molecule has 0 spiro atoms. The molecule has 2 aromatic rings. The van der Waals surface area contributed by atoms with Crippen molar-refractivity contribution in [2.45, 2.75) is 26.7 Å². The fourth-order valence-electron chi connectivity index (χ4n) is 2.92. The van der Waals surface area contributed by atoms with Crippen LogP contribution < -0.4 is 10.2 Å². The molecular formula is C17H20N4O3S. The van der Waals surface area contributed by atoms with Crippen LogP contribution in [0.5, 0.6) is 0 Å². The number of carbonyl (C=O) groups excluding carboxylic acids is 1. The van der Waals surface area contributed by atoms with E-state index in [1.165, 1.54) is 23.5 Å². The Kier molecular flexibility index (Phi) is 4.98. The monoisotopic (exact) mass is 360 g/mol. The van der Waals surface area contributed by atoms with Gasteiger partial charge in [-0.3, -0.25) is 20.2 Å². The number of piperidine rings is 1. The molecule has 3 rings (SSSR count). The number of nitrogens with zero attached hydrogens (tertiary/aromatic N) is 3. The quantitative estimate of drug-likeness (QED) is 0.661. The van der Waals surface area contributed by atoms with Gasteiger partial charge in [0.1, 0.15) is 0 Å². The predicted octanol–water partition coefficient (Wildman–Crippen LogP) is 3.85. The third kappa shape index (κ3) is 3.96. The van der Waals surface area contributed by atoms with Gasteiger partial charge in [0.2, 0.25) is 0 Å². The summed E-state index contributed by atoms with van der Waals surface area (Å²) in [7, 11) is 0. The summed E-state index contributed by atoms with van der Waals surface area (Å²) >= 11 is 1.37. The highest BCUT2D eigenvalue weighted by Crippen LogP contribution is 2.30. The summed E-state index contributed by atoms with van der Waals surface area (Å²) in [4.78, 5) is 30.6. The lowest BCUT2D eigenvalue weighted by atomic mass is 9.98. The molecule has 0 radical (unpaired) electrons. The van der Waals surface area contributed by atoms with Crippen LogP contribution in [0.25, 0.3) is 0 Å². The molecule has 0 atom stereocenters. The van der Waals surface area contributed by atoms with Crippen molar-refractivity contribution < 1.29 is 9.72 Å². The first-order valence-electron chi connectivity index (χ1n) is 8.21. The van der Waals surface area contributed by atoms with Crippen LogP contribution in [-0.4, -0.2) is 28.9 Å². The Morgan fingerprint density at radius 1 is 1.40 bits per heavy atom. The zero-order valence-electron chi connectivity index (χ0n) is 14.2. The third-order valence-corrected chi connectivity index (χ3v) is 5.23. The fraction of sp³-hybridized carbons (Fsp3) is 0.412. The van der Waals surface area contributed by atoms with E-state index in [1.54, 1.807) is 12.3 Å². The lowest BCUT2D eigenvalue weighted by molar-refractivity contribution is -0.384. The van der Waals surface area contributed by atoms with Gasteiger partial charge in [0.15, 0.2) is 5.13 Å². The first-order chi connectivity index (χ1) is 11.9. The molecule has 0 aliphatic carbocycles. The number of thiazole rings is 1. The van der Waals surface area contributed by atoms with Gasteiger partial charge in [-0.2, -0.15) is 0 Å². The highest BCUT2D eigenvalue weighted by atomic mass is 32.1. The number of benzene rings is 1. The van der Waals surface area contributed by atoms with Gasteiger partial charge in [-0.15, -0.1) is 11.3 Å². The summed E-state index contributed by atoms with van der Waals surface area (Å²) in [6.07, 6.45) is 3.77. The van der Waals surface area contributed by atoms with Gasteiger partial charge in [-0.1, -0.05) is 6.92 Å². The molecule has 8 heteroatoms. The highest BCUT2D eigenvalue weighted by Gasteiger charge is 2.24. The first kappa shape index (κ1) is 17.3. The smallest absolute Gasteiger partial charge is 0.270 e. The normalized spacial score (nSPS) is 15.2. The van der Waals surface area contributed by atoms with Crippen LogP contribution >= 0.6 is 11.3 Å². The van der Waals surface area contributed by atoms with E-state index in [2.05, 4.69) is 22.1 Å². The van der Waals surface area contributed by atoms with Crippen LogP contribution in [0.2, 0.25) is 0 Å². The van der Waals surface area contributed by atoms with Crippen molar-refractivity contribution in [3.8, 4) is 0 Å². The van der Waals surface area contributed by atoms with Gasteiger partial charge in [0.25, 0.3) is 11.6 Å².